The number of nitrogens with one attached hydrogen (secondary N) is 2. The number of hydrogen-bond acceptors (Lipinski definition) is 12. The second-order valence-electron chi connectivity index (χ2n) is 8.87. The third-order valence-corrected chi connectivity index (χ3v) is 7.18. The summed E-state index contributed by atoms with van der Waals surface area (Å²) in [5, 5.41) is 44.3. The molecule has 16 heteroatoms. The zero-order chi connectivity index (χ0) is 29.3. The van der Waals surface area contributed by atoms with Crippen LogP contribution in [-0.2, 0) is 4.74 Å². The molecule has 6 N–H and O–H groups in total. The zero-order valence-electron chi connectivity index (χ0n) is 21.2. The number of nitrogens with zero attached hydrogens (tertiary/aromatic N) is 4. The number of carbonyl (C=O) groups is 1. The van der Waals surface area contributed by atoms with E-state index in [2.05, 4.69) is 30.6 Å². The van der Waals surface area contributed by atoms with Crippen molar-refractivity contribution in [3.8, 4) is 28.4 Å². The molecule has 13 nitrogen and oxygen atoms in total. The molecule has 5 atom stereocenters. The van der Waals surface area contributed by atoms with Crippen molar-refractivity contribution >= 4 is 32.7 Å². The van der Waals surface area contributed by atoms with Crippen LogP contribution in [0.2, 0.25) is 0 Å². The quantitative estimate of drug-likeness (QED) is 0.174. The summed E-state index contributed by atoms with van der Waals surface area (Å²) in [5.41, 5.74) is 0.121. The molecule has 1 aromatic carbocycles. The Morgan fingerprint density at radius 2 is 1.98 bits per heavy atom. The smallest absolute Gasteiger partial charge is 0.321 e. The number of hydrogen-bond donors (Lipinski definition) is 6. The SMILES string of the molecule is CCNC(=O)Nc1nc2c(F)c(-c3cnc(O[C@@H]4[C@@H](O)[C@@H](O)O[C@@H]4C(O)CO)nc3)cc(-c3ncccc3F)c2s1. The normalized spacial score (nSPS) is 21.1. The third kappa shape index (κ3) is 5.65. The van der Waals surface area contributed by atoms with E-state index in [1.165, 1.54) is 36.8 Å². The molecule has 1 saturated heterocycles. The Bertz CT molecular complexity index is 1560. The minimum atomic E-state index is -1.68. The van der Waals surface area contributed by atoms with Crippen molar-refractivity contribution in [3.63, 3.8) is 0 Å². The first-order valence-corrected chi connectivity index (χ1v) is 13.1. The number of pyridine rings is 1. The number of aliphatic hydroxyl groups excluding tert-OH is 4. The molecule has 41 heavy (non-hydrogen) atoms. The molecule has 1 fully saturated rings. The Balaban J connectivity index is 1.52. The summed E-state index contributed by atoms with van der Waals surface area (Å²) in [6.45, 7) is 1.37. The van der Waals surface area contributed by atoms with Crippen molar-refractivity contribution in [1.82, 2.24) is 25.3 Å². The highest BCUT2D eigenvalue weighted by Gasteiger charge is 2.48. The van der Waals surface area contributed by atoms with Gasteiger partial charge in [-0.1, -0.05) is 11.3 Å². The maximum Gasteiger partial charge on any atom is 0.321 e. The molecule has 3 aromatic heterocycles. The average molecular weight is 591 g/mol. The Kier molecular flexibility index (Phi) is 8.30. The molecular formula is C25H24F2N6O7S. The predicted octanol–water partition coefficient (Wildman–Crippen LogP) is 1.41. The topological polar surface area (TPSA) is 192 Å². The number of thiazole rings is 1. The van der Waals surface area contributed by atoms with Gasteiger partial charge in [-0.05, 0) is 25.1 Å². The number of ether oxygens (including phenoxy) is 2. The van der Waals surface area contributed by atoms with Gasteiger partial charge in [0.25, 0.3) is 0 Å². The number of carbonyl (C=O) groups excluding carboxylic acids is 1. The molecule has 0 bridgehead atoms. The zero-order valence-corrected chi connectivity index (χ0v) is 22.0. The van der Waals surface area contributed by atoms with Crippen molar-refractivity contribution in [2.24, 2.45) is 0 Å². The van der Waals surface area contributed by atoms with Crippen LogP contribution in [0.1, 0.15) is 6.92 Å². The van der Waals surface area contributed by atoms with Gasteiger partial charge in [-0.15, -0.1) is 0 Å². The van der Waals surface area contributed by atoms with Gasteiger partial charge in [0.1, 0.15) is 35.3 Å². The van der Waals surface area contributed by atoms with Crippen molar-refractivity contribution in [3.05, 3.63) is 48.4 Å². The molecule has 1 unspecified atom stereocenters. The number of amides is 2. The second kappa shape index (κ2) is 11.9. The first-order valence-electron chi connectivity index (χ1n) is 12.3. The molecule has 0 aliphatic carbocycles. The average Bonchev–Trinajstić information content (AvgIpc) is 3.51. The van der Waals surface area contributed by atoms with Gasteiger partial charge in [-0.25, -0.2) is 28.5 Å². The fourth-order valence-electron chi connectivity index (χ4n) is 4.24. The highest BCUT2D eigenvalue weighted by atomic mass is 32.1. The van der Waals surface area contributed by atoms with Crippen LogP contribution in [0.5, 0.6) is 6.01 Å². The van der Waals surface area contributed by atoms with E-state index < -0.39 is 55.0 Å². The van der Waals surface area contributed by atoms with E-state index >= 15 is 4.39 Å². The van der Waals surface area contributed by atoms with E-state index in [1.807, 2.05) is 0 Å². The number of benzene rings is 1. The molecule has 1 aliphatic rings. The van der Waals surface area contributed by atoms with Gasteiger partial charge in [-0.2, -0.15) is 0 Å². The Morgan fingerprint density at radius 1 is 1.22 bits per heavy atom. The van der Waals surface area contributed by atoms with Crippen molar-refractivity contribution in [2.75, 3.05) is 18.5 Å². The number of aliphatic hydroxyl groups is 4. The van der Waals surface area contributed by atoms with E-state index in [9.17, 15) is 29.6 Å². The minimum absolute atomic E-state index is 0.0489. The third-order valence-electron chi connectivity index (χ3n) is 6.17. The van der Waals surface area contributed by atoms with E-state index in [1.54, 1.807) is 6.92 Å². The largest absolute Gasteiger partial charge is 0.454 e. The highest BCUT2D eigenvalue weighted by Crippen LogP contribution is 2.41. The molecule has 5 rings (SSSR count). The number of fused-ring (bicyclic) bond motifs is 1. The van der Waals surface area contributed by atoms with Crippen LogP contribution in [0.3, 0.4) is 0 Å². The maximum atomic E-state index is 15.8. The summed E-state index contributed by atoms with van der Waals surface area (Å²) in [5.74, 6) is -1.44. The summed E-state index contributed by atoms with van der Waals surface area (Å²) < 4.78 is 41.5. The van der Waals surface area contributed by atoms with Gasteiger partial charge >= 0.3 is 12.0 Å². The van der Waals surface area contributed by atoms with E-state index in [0.29, 0.717) is 6.54 Å². The number of aromatic nitrogens is 4. The fraction of sp³-hybridized carbons (Fsp3) is 0.320. The van der Waals surface area contributed by atoms with Crippen LogP contribution in [0, 0.1) is 11.6 Å². The van der Waals surface area contributed by atoms with Crippen LogP contribution >= 0.6 is 11.3 Å². The number of halogens is 2. The lowest BCUT2D eigenvalue weighted by molar-refractivity contribution is -0.150. The highest BCUT2D eigenvalue weighted by molar-refractivity contribution is 7.22. The van der Waals surface area contributed by atoms with Crippen LogP contribution < -0.4 is 15.4 Å². The van der Waals surface area contributed by atoms with Gasteiger partial charge in [0.05, 0.1) is 11.3 Å². The number of anilines is 1. The van der Waals surface area contributed by atoms with Gasteiger partial charge in [-0.3, -0.25) is 10.3 Å². The Hall–Kier alpha value is -3.93. The lowest BCUT2D eigenvalue weighted by atomic mass is 10.0. The molecule has 2 amide bonds. The van der Waals surface area contributed by atoms with Crippen molar-refractivity contribution in [1.29, 1.82) is 0 Å². The summed E-state index contributed by atoms with van der Waals surface area (Å²) in [7, 11) is 0. The minimum Gasteiger partial charge on any atom is -0.454 e. The molecule has 0 saturated carbocycles. The Labute approximate surface area is 234 Å². The molecule has 4 heterocycles. The fourth-order valence-corrected chi connectivity index (χ4v) is 5.21. The molecule has 0 radical (unpaired) electrons. The van der Waals surface area contributed by atoms with E-state index in [-0.39, 0.29) is 43.7 Å². The van der Waals surface area contributed by atoms with Crippen LogP contribution in [0.4, 0.5) is 18.7 Å². The number of urea groups is 1. The standard InChI is InChI=1S/C25H24F2N6O7S/c1-2-28-23(38)33-25-32-17-15(27)11(6-12(21(17)41-25)16-13(26)4-3-5-29-16)10-7-30-24(31-8-10)40-20-18(36)22(37)39-19(20)14(35)9-34/h3-8,14,18-20,22,34-37H,2,9H2,1H3,(H2,28,32,33,38)/t14?,18-,19-,20-,22+/m1/s1. The molecule has 216 valence electrons. The summed E-state index contributed by atoms with van der Waals surface area (Å²) in [4.78, 5) is 28.4. The van der Waals surface area contributed by atoms with Crippen LogP contribution in [0.15, 0.2) is 36.8 Å². The monoisotopic (exact) mass is 590 g/mol. The van der Waals surface area contributed by atoms with E-state index in [0.717, 1.165) is 11.3 Å². The Morgan fingerprint density at radius 3 is 2.66 bits per heavy atom. The first-order chi connectivity index (χ1) is 19.7. The van der Waals surface area contributed by atoms with E-state index in [4.69, 9.17) is 9.47 Å². The number of rotatable bonds is 8. The lowest BCUT2D eigenvalue weighted by Gasteiger charge is -2.23. The van der Waals surface area contributed by atoms with Gasteiger partial charge in [0, 0.05) is 41.8 Å². The summed E-state index contributed by atoms with van der Waals surface area (Å²) in [6, 6.07) is 3.15. The van der Waals surface area contributed by atoms with Crippen LogP contribution in [-0.4, -0.2) is 90.3 Å². The molecule has 1 aliphatic heterocycles. The summed E-state index contributed by atoms with van der Waals surface area (Å²) >= 11 is 0.949. The van der Waals surface area contributed by atoms with Crippen molar-refractivity contribution in [2.45, 2.75) is 37.6 Å². The second-order valence-corrected chi connectivity index (χ2v) is 9.87. The van der Waals surface area contributed by atoms with Gasteiger partial charge in [0.15, 0.2) is 23.3 Å². The molecule has 0 spiro atoms. The van der Waals surface area contributed by atoms with Crippen molar-refractivity contribution < 1.29 is 43.5 Å². The summed E-state index contributed by atoms with van der Waals surface area (Å²) in [6.07, 6.45) is -3.53. The van der Waals surface area contributed by atoms with Gasteiger partial charge in [0.2, 0.25) is 0 Å². The predicted molar refractivity (Wildman–Crippen MR) is 141 cm³/mol. The van der Waals surface area contributed by atoms with Crippen LogP contribution in [0.25, 0.3) is 32.6 Å². The molecule has 4 aromatic rings. The van der Waals surface area contributed by atoms with Gasteiger partial charge < -0.3 is 35.2 Å². The lowest BCUT2D eigenvalue weighted by Crippen LogP contribution is -2.44. The first kappa shape index (κ1) is 28.6. The molecular weight excluding hydrogens is 566 g/mol. The maximum absolute atomic E-state index is 15.8.